The van der Waals surface area contributed by atoms with Gasteiger partial charge in [-0.1, -0.05) is 6.07 Å². The molecular formula is C18H24ClFN4O2. The fourth-order valence-electron chi connectivity index (χ4n) is 3.19. The molecule has 3 rings (SSSR count). The molecule has 1 aliphatic heterocycles. The molecule has 1 fully saturated rings. The van der Waals surface area contributed by atoms with Gasteiger partial charge in [0.05, 0.1) is 7.11 Å². The predicted octanol–water partition coefficient (Wildman–Crippen LogP) is 2.10. The van der Waals surface area contributed by atoms with Gasteiger partial charge in [-0.15, -0.1) is 12.4 Å². The summed E-state index contributed by atoms with van der Waals surface area (Å²) in [4.78, 5) is 19.0. The highest BCUT2D eigenvalue weighted by Crippen LogP contribution is 2.23. The van der Waals surface area contributed by atoms with Crippen molar-refractivity contribution in [3.05, 3.63) is 47.8 Å². The van der Waals surface area contributed by atoms with Gasteiger partial charge >= 0.3 is 0 Å². The molecule has 1 aromatic carbocycles. The normalized spacial score (nSPS) is 16.9. The van der Waals surface area contributed by atoms with Crippen LogP contribution in [0.2, 0.25) is 0 Å². The summed E-state index contributed by atoms with van der Waals surface area (Å²) in [5.41, 5.74) is 0.787. The van der Waals surface area contributed by atoms with Gasteiger partial charge in [0.2, 0.25) is 5.91 Å². The Hall–Kier alpha value is -2.12. The molecule has 0 bridgehead atoms. The van der Waals surface area contributed by atoms with Gasteiger partial charge in [0.1, 0.15) is 11.9 Å². The molecule has 1 saturated heterocycles. The van der Waals surface area contributed by atoms with Crippen LogP contribution in [-0.2, 0) is 18.3 Å². The summed E-state index contributed by atoms with van der Waals surface area (Å²) >= 11 is 0. The van der Waals surface area contributed by atoms with Gasteiger partial charge in [0.25, 0.3) is 0 Å². The number of ether oxygens (including phenoxy) is 1. The maximum Gasteiger partial charge on any atom is 0.223 e. The average molecular weight is 383 g/mol. The van der Waals surface area contributed by atoms with Crippen molar-refractivity contribution in [3.63, 3.8) is 0 Å². The number of aryl methyl sites for hydroxylation is 2. The van der Waals surface area contributed by atoms with Crippen LogP contribution in [0.3, 0.4) is 0 Å². The summed E-state index contributed by atoms with van der Waals surface area (Å²) in [6.07, 6.45) is 4.46. The Morgan fingerprint density at radius 2 is 2.27 bits per heavy atom. The second-order valence-corrected chi connectivity index (χ2v) is 6.17. The number of amides is 1. The lowest BCUT2D eigenvalue weighted by Gasteiger charge is -2.35. The Morgan fingerprint density at radius 1 is 1.46 bits per heavy atom. The minimum absolute atomic E-state index is 0. The number of carbonyl (C=O) groups excluding carboxylic acids is 1. The van der Waals surface area contributed by atoms with Gasteiger partial charge in [-0.2, -0.15) is 0 Å². The van der Waals surface area contributed by atoms with E-state index in [9.17, 15) is 9.18 Å². The maximum absolute atomic E-state index is 13.8. The maximum atomic E-state index is 13.8. The highest BCUT2D eigenvalue weighted by Gasteiger charge is 2.30. The van der Waals surface area contributed by atoms with Crippen molar-refractivity contribution in [2.24, 2.45) is 7.05 Å². The molecule has 1 aromatic heterocycles. The summed E-state index contributed by atoms with van der Waals surface area (Å²) in [7, 11) is 3.36. The summed E-state index contributed by atoms with van der Waals surface area (Å²) < 4.78 is 20.6. The first-order valence-electron chi connectivity index (χ1n) is 8.40. The largest absolute Gasteiger partial charge is 0.494 e. The number of rotatable bonds is 5. The zero-order valence-electron chi connectivity index (χ0n) is 14.9. The Balaban J connectivity index is 0.00000243. The Labute approximate surface area is 158 Å². The van der Waals surface area contributed by atoms with Gasteiger partial charge in [0.15, 0.2) is 11.6 Å². The van der Waals surface area contributed by atoms with Gasteiger partial charge < -0.3 is 19.5 Å². The van der Waals surface area contributed by atoms with Crippen LogP contribution in [0.1, 0.15) is 23.9 Å². The molecule has 1 amide bonds. The van der Waals surface area contributed by atoms with Crippen LogP contribution in [0.4, 0.5) is 4.39 Å². The van der Waals surface area contributed by atoms with Crippen LogP contribution in [0.5, 0.6) is 5.75 Å². The van der Waals surface area contributed by atoms with Crippen molar-refractivity contribution in [1.29, 1.82) is 0 Å². The zero-order chi connectivity index (χ0) is 17.8. The number of imidazole rings is 1. The van der Waals surface area contributed by atoms with E-state index in [0.29, 0.717) is 25.9 Å². The number of hydrogen-bond donors (Lipinski definition) is 1. The van der Waals surface area contributed by atoms with E-state index >= 15 is 0 Å². The second-order valence-electron chi connectivity index (χ2n) is 6.17. The first-order valence-corrected chi connectivity index (χ1v) is 8.40. The fourth-order valence-corrected chi connectivity index (χ4v) is 3.19. The quantitative estimate of drug-likeness (QED) is 0.860. The lowest BCUT2D eigenvalue weighted by atomic mass is 10.1. The molecule has 26 heavy (non-hydrogen) atoms. The highest BCUT2D eigenvalue weighted by molar-refractivity contribution is 5.85. The van der Waals surface area contributed by atoms with Crippen molar-refractivity contribution in [2.45, 2.75) is 18.9 Å². The number of hydrogen-bond acceptors (Lipinski definition) is 4. The summed E-state index contributed by atoms with van der Waals surface area (Å²) in [5, 5.41) is 3.32. The number of aromatic nitrogens is 2. The minimum Gasteiger partial charge on any atom is -0.494 e. The third-order valence-electron chi connectivity index (χ3n) is 4.56. The minimum atomic E-state index is -0.402. The molecular weight excluding hydrogens is 359 g/mol. The zero-order valence-corrected chi connectivity index (χ0v) is 15.8. The third kappa shape index (κ3) is 4.34. The SMILES string of the molecule is COc1ccc(CCC(=O)N2CCNCC2c2nccn2C)cc1F.Cl. The molecule has 1 atom stereocenters. The monoisotopic (exact) mass is 382 g/mol. The van der Waals surface area contributed by atoms with E-state index < -0.39 is 5.82 Å². The molecule has 0 spiro atoms. The van der Waals surface area contributed by atoms with Crippen LogP contribution >= 0.6 is 12.4 Å². The van der Waals surface area contributed by atoms with Gasteiger partial charge in [-0.05, 0) is 24.1 Å². The second kappa shape index (κ2) is 9.00. The molecule has 1 aliphatic rings. The molecule has 0 aliphatic carbocycles. The molecule has 142 valence electrons. The van der Waals surface area contributed by atoms with E-state index in [1.807, 2.05) is 22.7 Å². The first kappa shape index (κ1) is 20.2. The van der Waals surface area contributed by atoms with E-state index in [-0.39, 0.29) is 30.1 Å². The van der Waals surface area contributed by atoms with E-state index in [4.69, 9.17) is 4.74 Å². The highest BCUT2D eigenvalue weighted by atomic mass is 35.5. The fraction of sp³-hybridized carbons (Fsp3) is 0.444. The van der Waals surface area contributed by atoms with Crippen molar-refractivity contribution >= 4 is 18.3 Å². The predicted molar refractivity (Wildman–Crippen MR) is 99.1 cm³/mol. The Bertz CT molecular complexity index is 753. The average Bonchev–Trinajstić information content (AvgIpc) is 3.05. The first-order chi connectivity index (χ1) is 12.1. The van der Waals surface area contributed by atoms with Crippen LogP contribution in [0.15, 0.2) is 30.6 Å². The van der Waals surface area contributed by atoms with Crippen LogP contribution < -0.4 is 10.1 Å². The number of halogens is 2. The summed E-state index contributed by atoms with van der Waals surface area (Å²) in [5.74, 6) is 0.745. The van der Waals surface area contributed by atoms with Crippen LogP contribution in [-0.4, -0.2) is 47.1 Å². The van der Waals surface area contributed by atoms with E-state index in [1.54, 1.807) is 18.3 Å². The molecule has 2 heterocycles. The molecule has 0 saturated carbocycles. The number of nitrogens with one attached hydrogen (secondary N) is 1. The topological polar surface area (TPSA) is 59.4 Å². The number of methoxy groups -OCH3 is 1. The Morgan fingerprint density at radius 3 is 2.92 bits per heavy atom. The van der Waals surface area contributed by atoms with Crippen LogP contribution in [0, 0.1) is 5.82 Å². The number of carbonyl (C=O) groups is 1. The van der Waals surface area contributed by atoms with Crippen molar-refractivity contribution in [2.75, 3.05) is 26.7 Å². The van der Waals surface area contributed by atoms with Crippen molar-refractivity contribution in [3.8, 4) is 5.75 Å². The Kier molecular flexibility index (Phi) is 6.99. The third-order valence-corrected chi connectivity index (χ3v) is 4.56. The number of piperazine rings is 1. The van der Waals surface area contributed by atoms with Gasteiger partial charge in [-0.25, -0.2) is 9.37 Å². The lowest BCUT2D eigenvalue weighted by Crippen LogP contribution is -2.49. The van der Waals surface area contributed by atoms with E-state index in [1.165, 1.54) is 13.2 Å². The smallest absolute Gasteiger partial charge is 0.223 e. The molecule has 8 heteroatoms. The summed E-state index contributed by atoms with van der Waals surface area (Å²) in [6.45, 7) is 2.10. The molecule has 6 nitrogen and oxygen atoms in total. The standard InChI is InChI=1S/C18H23FN4O2.ClH/c1-22-9-8-21-18(22)15-12-20-7-10-23(15)17(24)6-4-13-3-5-16(25-2)14(19)11-13;/h3,5,8-9,11,15,20H,4,6-7,10,12H2,1-2H3;1H. The van der Waals surface area contributed by atoms with E-state index in [0.717, 1.165) is 17.9 Å². The molecule has 0 radical (unpaired) electrons. The summed E-state index contributed by atoms with van der Waals surface area (Å²) in [6, 6.07) is 4.74. The molecule has 2 aromatic rings. The van der Waals surface area contributed by atoms with Gasteiger partial charge in [-0.3, -0.25) is 4.79 Å². The number of benzene rings is 1. The van der Waals surface area contributed by atoms with E-state index in [2.05, 4.69) is 10.3 Å². The van der Waals surface area contributed by atoms with Crippen LogP contribution in [0.25, 0.3) is 0 Å². The van der Waals surface area contributed by atoms with Gasteiger partial charge in [0, 0.05) is 45.5 Å². The number of nitrogens with zero attached hydrogens (tertiary/aromatic N) is 3. The van der Waals surface area contributed by atoms with Crippen molar-refractivity contribution in [1.82, 2.24) is 19.8 Å². The lowest BCUT2D eigenvalue weighted by molar-refractivity contribution is -0.134. The molecule has 1 N–H and O–H groups in total. The van der Waals surface area contributed by atoms with Crippen molar-refractivity contribution < 1.29 is 13.9 Å². The molecule has 1 unspecified atom stereocenters.